The van der Waals surface area contributed by atoms with E-state index >= 15 is 0 Å². The summed E-state index contributed by atoms with van der Waals surface area (Å²) in [5.74, 6) is -2.42. The predicted octanol–water partition coefficient (Wildman–Crippen LogP) is 6.18. The van der Waals surface area contributed by atoms with Gasteiger partial charge in [0, 0.05) is 12.6 Å². The van der Waals surface area contributed by atoms with Crippen LogP contribution in [-0.4, -0.2) is 33.1 Å². The van der Waals surface area contributed by atoms with Crippen molar-refractivity contribution < 1.29 is 32.2 Å². The molecule has 0 unspecified atom stereocenters. The minimum Gasteiger partial charge on any atom is -0.478 e. The van der Waals surface area contributed by atoms with Gasteiger partial charge >= 0.3 is 12.1 Å². The van der Waals surface area contributed by atoms with Crippen LogP contribution in [0.4, 0.5) is 17.6 Å². The van der Waals surface area contributed by atoms with Gasteiger partial charge in [0.15, 0.2) is 5.69 Å². The van der Waals surface area contributed by atoms with E-state index in [9.17, 15) is 22.4 Å². The van der Waals surface area contributed by atoms with Crippen LogP contribution in [0.2, 0.25) is 5.02 Å². The number of carbonyl (C=O) groups is 1. The highest BCUT2D eigenvalue weighted by Crippen LogP contribution is 2.41. The van der Waals surface area contributed by atoms with Gasteiger partial charge < -0.3 is 9.84 Å². The van der Waals surface area contributed by atoms with Crippen molar-refractivity contribution in [2.45, 2.75) is 46.1 Å². The Labute approximate surface area is 178 Å². The zero-order valence-corrected chi connectivity index (χ0v) is 18.6. The Balaban J connectivity index is 0.000000516. The van der Waals surface area contributed by atoms with E-state index in [1.807, 2.05) is 27.7 Å². The Morgan fingerprint density at radius 2 is 1.76 bits per heavy atom. The number of carboxylic acids is 1. The number of rotatable bonds is 4. The monoisotopic (exact) mass is 502 g/mol. The summed E-state index contributed by atoms with van der Waals surface area (Å²) in [5.41, 5.74) is -2.33. The molecule has 0 aliphatic carbocycles. The molecule has 0 saturated carbocycles. The fourth-order valence-electron chi connectivity index (χ4n) is 2.42. The Kier molecular flexibility index (Phi) is 8.67. The van der Waals surface area contributed by atoms with Gasteiger partial charge in [-0.1, -0.05) is 11.6 Å². The van der Waals surface area contributed by atoms with Gasteiger partial charge in [-0.15, -0.1) is 0 Å². The van der Waals surface area contributed by atoms with E-state index in [4.69, 9.17) is 21.4 Å². The van der Waals surface area contributed by atoms with Gasteiger partial charge in [0.1, 0.15) is 11.5 Å². The van der Waals surface area contributed by atoms with E-state index < -0.39 is 39.3 Å². The molecule has 2 rings (SSSR count). The van der Waals surface area contributed by atoms with E-state index in [0.717, 1.165) is 13.1 Å². The number of nitrogens with zero attached hydrogens (tertiary/aromatic N) is 2. The molecule has 1 aromatic heterocycles. The van der Waals surface area contributed by atoms with Gasteiger partial charge in [-0.3, -0.25) is 4.68 Å². The molecule has 0 spiro atoms. The molecule has 5 nitrogen and oxygen atoms in total. The maximum Gasteiger partial charge on any atom is 0.434 e. The van der Waals surface area contributed by atoms with Crippen molar-refractivity contribution in [1.82, 2.24) is 9.78 Å². The second-order valence-electron chi connectivity index (χ2n) is 6.48. The lowest BCUT2D eigenvalue weighted by molar-refractivity contribution is -0.144. The van der Waals surface area contributed by atoms with E-state index in [1.165, 1.54) is 0 Å². The van der Waals surface area contributed by atoms with Crippen LogP contribution in [0.5, 0.6) is 0 Å². The fourth-order valence-corrected chi connectivity index (χ4v) is 3.42. The summed E-state index contributed by atoms with van der Waals surface area (Å²) in [6, 6.07) is 1.56. The van der Waals surface area contributed by atoms with Crippen LogP contribution in [-0.2, 0) is 18.0 Å². The molecular formula is C18H20BrClF4N2O3. The SMILES string of the molecule is CC(C)OC(C)C.Cn1nc(-c2cc(C(=O)O)c(Cl)cc2F)c(Br)c1C(F)(F)F. The molecule has 0 saturated heterocycles. The molecule has 2 aromatic rings. The Hall–Kier alpha value is -1.65. The van der Waals surface area contributed by atoms with Crippen molar-refractivity contribution in [2.24, 2.45) is 7.05 Å². The molecule has 1 aromatic carbocycles. The van der Waals surface area contributed by atoms with Crippen molar-refractivity contribution in [1.29, 1.82) is 0 Å². The Bertz CT molecular complexity index is 877. The Morgan fingerprint density at radius 1 is 1.24 bits per heavy atom. The van der Waals surface area contributed by atoms with Crippen molar-refractivity contribution in [3.8, 4) is 11.3 Å². The minimum atomic E-state index is -4.71. The second kappa shape index (κ2) is 9.90. The van der Waals surface area contributed by atoms with E-state index in [1.54, 1.807) is 0 Å². The first-order valence-electron chi connectivity index (χ1n) is 8.34. The largest absolute Gasteiger partial charge is 0.478 e. The molecule has 0 amide bonds. The van der Waals surface area contributed by atoms with Gasteiger partial charge in [-0.05, 0) is 55.8 Å². The van der Waals surface area contributed by atoms with Gasteiger partial charge in [0.25, 0.3) is 0 Å². The standard InChI is InChI=1S/C12H6BrClF4N2O2.C6H14O/c1-20-10(12(16,17)18)8(13)9(19-20)5-2-4(11(21)22)6(14)3-7(5)15;1-5(2)7-6(3)4/h2-3H,1H3,(H,21,22);5-6H,1-4H3. The van der Waals surface area contributed by atoms with Crippen LogP contribution in [0.15, 0.2) is 16.6 Å². The third-order valence-electron chi connectivity index (χ3n) is 3.34. The number of aryl methyl sites for hydroxylation is 1. The zero-order valence-electron chi connectivity index (χ0n) is 16.2. The molecular weight excluding hydrogens is 484 g/mol. The topological polar surface area (TPSA) is 64.4 Å². The summed E-state index contributed by atoms with van der Waals surface area (Å²) in [5, 5.41) is 12.2. The first-order valence-corrected chi connectivity index (χ1v) is 9.51. The molecule has 1 N–H and O–H groups in total. The maximum absolute atomic E-state index is 14.0. The summed E-state index contributed by atoms with van der Waals surface area (Å²) in [6.45, 7) is 8.17. The molecule has 11 heteroatoms. The molecule has 29 heavy (non-hydrogen) atoms. The van der Waals surface area contributed by atoms with E-state index in [0.29, 0.717) is 23.0 Å². The van der Waals surface area contributed by atoms with E-state index in [2.05, 4.69) is 21.0 Å². The first-order chi connectivity index (χ1) is 13.2. The summed E-state index contributed by atoms with van der Waals surface area (Å²) >= 11 is 8.33. The number of ether oxygens (including phenoxy) is 1. The lowest BCUT2D eigenvalue weighted by Crippen LogP contribution is -2.12. The highest BCUT2D eigenvalue weighted by Gasteiger charge is 2.39. The van der Waals surface area contributed by atoms with Crippen LogP contribution < -0.4 is 0 Å². The Morgan fingerprint density at radius 3 is 2.10 bits per heavy atom. The third-order valence-corrected chi connectivity index (χ3v) is 4.41. The van der Waals surface area contributed by atoms with E-state index in [-0.39, 0.29) is 10.7 Å². The van der Waals surface area contributed by atoms with Crippen LogP contribution in [0.1, 0.15) is 43.7 Å². The number of alkyl halides is 3. The molecule has 0 radical (unpaired) electrons. The van der Waals surface area contributed by atoms with Crippen LogP contribution >= 0.6 is 27.5 Å². The number of aromatic nitrogens is 2. The zero-order chi connectivity index (χ0) is 22.7. The maximum atomic E-state index is 14.0. The molecule has 0 aliphatic rings. The molecule has 0 atom stereocenters. The van der Waals surface area contributed by atoms with Gasteiger partial charge in [0.2, 0.25) is 0 Å². The predicted molar refractivity (Wildman–Crippen MR) is 105 cm³/mol. The van der Waals surface area contributed by atoms with Gasteiger partial charge in [0.05, 0.1) is 27.3 Å². The lowest BCUT2D eigenvalue weighted by Gasteiger charge is -2.09. The minimum absolute atomic E-state index is 0.364. The summed E-state index contributed by atoms with van der Waals surface area (Å²) in [6.07, 6.45) is -3.96. The number of carboxylic acid groups (broad SMARTS) is 1. The molecule has 0 bridgehead atoms. The van der Waals surface area contributed by atoms with Gasteiger partial charge in [-0.25, -0.2) is 9.18 Å². The van der Waals surface area contributed by atoms with Crippen molar-refractivity contribution in [3.05, 3.63) is 38.7 Å². The summed E-state index contributed by atoms with van der Waals surface area (Å²) in [7, 11) is 1.04. The third kappa shape index (κ3) is 6.68. The van der Waals surface area contributed by atoms with Crippen LogP contribution in [0, 0.1) is 5.82 Å². The number of hydrogen-bond acceptors (Lipinski definition) is 3. The molecule has 162 valence electrons. The molecule has 1 heterocycles. The first kappa shape index (κ1) is 25.4. The van der Waals surface area contributed by atoms with Crippen LogP contribution in [0.3, 0.4) is 0 Å². The fraction of sp³-hybridized carbons (Fsp3) is 0.444. The molecule has 0 fully saturated rings. The quantitative estimate of drug-likeness (QED) is 0.506. The average molecular weight is 504 g/mol. The van der Waals surface area contributed by atoms with Gasteiger partial charge in [-0.2, -0.15) is 18.3 Å². The highest BCUT2D eigenvalue weighted by atomic mass is 79.9. The second-order valence-corrected chi connectivity index (χ2v) is 7.68. The number of halogens is 6. The normalized spacial score (nSPS) is 11.6. The van der Waals surface area contributed by atoms with Crippen molar-refractivity contribution >= 4 is 33.5 Å². The number of hydrogen-bond donors (Lipinski definition) is 1. The summed E-state index contributed by atoms with van der Waals surface area (Å²) < 4.78 is 58.0. The average Bonchev–Trinajstić information content (AvgIpc) is 2.80. The smallest absolute Gasteiger partial charge is 0.434 e. The highest BCUT2D eigenvalue weighted by molar-refractivity contribution is 9.10. The number of benzene rings is 1. The molecule has 0 aliphatic heterocycles. The van der Waals surface area contributed by atoms with Crippen molar-refractivity contribution in [2.75, 3.05) is 0 Å². The lowest BCUT2D eigenvalue weighted by atomic mass is 10.1. The number of aromatic carboxylic acids is 1. The van der Waals surface area contributed by atoms with Crippen molar-refractivity contribution in [3.63, 3.8) is 0 Å². The van der Waals surface area contributed by atoms with Crippen LogP contribution in [0.25, 0.3) is 11.3 Å². The summed E-state index contributed by atoms with van der Waals surface area (Å²) in [4.78, 5) is 11.0.